The number of carbonyl (C=O) groups excluding carboxylic acids is 2. The number of thiocarbonyl (C=S) groups is 1. The fourth-order valence-corrected chi connectivity index (χ4v) is 2.59. The number of nitrogens with one attached hydrogen (secondary N) is 3. The lowest BCUT2D eigenvalue weighted by Crippen LogP contribution is -2.48. The van der Waals surface area contributed by atoms with Crippen molar-refractivity contribution in [3.8, 4) is 5.75 Å². The Labute approximate surface area is 159 Å². The van der Waals surface area contributed by atoms with E-state index in [0.29, 0.717) is 21.3 Å². The highest BCUT2D eigenvalue weighted by molar-refractivity contribution is 9.10. The molecule has 2 rings (SSSR count). The van der Waals surface area contributed by atoms with Crippen LogP contribution < -0.4 is 20.9 Å². The van der Waals surface area contributed by atoms with Gasteiger partial charge in [-0.05, 0) is 65.4 Å². The van der Waals surface area contributed by atoms with E-state index >= 15 is 0 Å². The molecule has 0 atom stereocenters. The van der Waals surface area contributed by atoms with Crippen LogP contribution in [0.2, 0.25) is 0 Å². The van der Waals surface area contributed by atoms with Crippen molar-refractivity contribution in [3.05, 3.63) is 63.6 Å². The van der Waals surface area contributed by atoms with Crippen molar-refractivity contribution < 1.29 is 14.3 Å². The molecule has 0 bridgehead atoms. The van der Waals surface area contributed by atoms with Gasteiger partial charge in [0.25, 0.3) is 11.8 Å². The first-order valence-electron chi connectivity index (χ1n) is 7.22. The van der Waals surface area contributed by atoms with Gasteiger partial charge in [-0.25, -0.2) is 0 Å². The minimum Gasteiger partial charge on any atom is -0.496 e. The average Bonchev–Trinajstić information content (AvgIpc) is 2.60. The van der Waals surface area contributed by atoms with Crippen molar-refractivity contribution in [1.29, 1.82) is 0 Å². The van der Waals surface area contributed by atoms with Gasteiger partial charge in [-0.3, -0.25) is 25.8 Å². The topological polar surface area (TPSA) is 79.5 Å². The third-order valence-electron chi connectivity index (χ3n) is 3.24. The zero-order chi connectivity index (χ0) is 18.4. The fraction of sp³-hybridized carbons (Fsp3) is 0.118. The molecule has 2 aromatic rings. The summed E-state index contributed by atoms with van der Waals surface area (Å²) < 4.78 is 5.76. The highest BCUT2D eigenvalue weighted by Crippen LogP contribution is 2.25. The first-order valence-corrected chi connectivity index (χ1v) is 8.42. The minimum absolute atomic E-state index is 0.0163. The summed E-state index contributed by atoms with van der Waals surface area (Å²) in [5, 5.41) is 2.47. The molecule has 0 unspecified atom stereocenters. The predicted octanol–water partition coefficient (Wildman–Crippen LogP) is 2.72. The van der Waals surface area contributed by atoms with Gasteiger partial charge >= 0.3 is 0 Å². The van der Waals surface area contributed by atoms with Gasteiger partial charge in [0.2, 0.25) is 0 Å². The largest absolute Gasteiger partial charge is 0.496 e. The van der Waals surface area contributed by atoms with Gasteiger partial charge in [0.05, 0.1) is 11.6 Å². The Balaban J connectivity index is 1.89. The third-order valence-corrected chi connectivity index (χ3v) is 4.07. The number of rotatable bonds is 3. The molecular formula is C17H16BrN3O3S. The fourth-order valence-electron chi connectivity index (χ4n) is 1.90. The summed E-state index contributed by atoms with van der Waals surface area (Å²) in [5.74, 6) is -0.156. The van der Waals surface area contributed by atoms with Gasteiger partial charge in [0.15, 0.2) is 5.11 Å². The van der Waals surface area contributed by atoms with Gasteiger partial charge in [-0.15, -0.1) is 0 Å². The average molecular weight is 422 g/mol. The van der Waals surface area contributed by atoms with Crippen LogP contribution in [0.25, 0.3) is 0 Å². The summed E-state index contributed by atoms with van der Waals surface area (Å²) in [6.07, 6.45) is 0. The minimum atomic E-state index is -0.412. The molecule has 0 heterocycles. The zero-order valence-electron chi connectivity index (χ0n) is 13.6. The highest BCUT2D eigenvalue weighted by Gasteiger charge is 2.11. The molecule has 2 aromatic carbocycles. The summed E-state index contributed by atoms with van der Waals surface area (Å²) >= 11 is 8.32. The second-order valence-corrected chi connectivity index (χ2v) is 6.34. The molecule has 130 valence electrons. The van der Waals surface area contributed by atoms with E-state index in [4.69, 9.17) is 17.0 Å². The molecule has 0 spiro atoms. The number of aryl methyl sites for hydroxylation is 1. The van der Waals surface area contributed by atoms with Crippen molar-refractivity contribution in [2.75, 3.05) is 7.11 Å². The molecule has 0 aliphatic rings. The van der Waals surface area contributed by atoms with E-state index in [9.17, 15) is 9.59 Å². The Morgan fingerprint density at radius 2 is 1.64 bits per heavy atom. The number of hydrogen-bond donors (Lipinski definition) is 3. The second kappa shape index (κ2) is 8.59. The SMILES string of the molecule is COc1ccc(C(=O)NC(=S)NNC(=O)c2ccc(C)cc2)cc1Br. The number of benzene rings is 2. The normalized spacial score (nSPS) is 9.88. The Morgan fingerprint density at radius 3 is 2.24 bits per heavy atom. The van der Waals surface area contributed by atoms with Crippen LogP contribution in [0.15, 0.2) is 46.9 Å². The van der Waals surface area contributed by atoms with E-state index in [0.717, 1.165) is 5.56 Å². The summed E-state index contributed by atoms with van der Waals surface area (Å²) in [6.45, 7) is 1.93. The molecule has 8 heteroatoms. The predicted molar refractivity (Wildman–Crippen MR) is 103 cm³/mol. The second-order valence-electron chi connectivity index (χ2n) is 5.08. The number of hydrazine groups is 1. The lowest BCUT2D eigenvalue weighted by atomic mass is 10.1. The molecule has 0 aromatic heterocycles. The molecule has 3 N–H and O–H groups in total. The first-order chi connectivity index (χ1) is 11.9. The molecule has 25 heavy (non-hydrogen) atoms. The quantitative estimate of drug-likeness (QED) is 0.524. The number of hydrogen-bond acceptors (Lipinski definition) is 4. The number of carbonyl (C=O) groups is 2. The van der Waals surface area contributed by atoms with Gasteiger partial charge in [-0.2, -0.15) is 0 Å². The van der Waals surface area contributed by atoms with E-state index in [1.54, 1.807) is 30.3 Å². The van der Waals surface area contributed by atoms with Crippen LogP contribution in [0, 0.1) is 6.92 Å². The molecule has 0 aliphatic carbocycles. The van der Waals surface area contributed by atoms with Crippen molar-refractivity contribution >= 4 is 45.1 Å². The molecule has 0 radical (unpaired) electrons. The highest BCUT2D eigenvalue weighted by atomic mass is 79.9. The Bertz CT molecular complexity index is 809. The van der Waals surface area contributed by atoms with E-state index in [1.165, 1.54) is 7.11 Å². The van der Waals surface area contributed by atoms with E-state index < -0.39 is 5.91 Å². The zero-order valence-corrected chi connectivity index (χ0v) is 16.0. The summed E-state index contributed by atoms with van der Waals surface area (Å²) in [5.41, 5.74) is 6.85. The van der Waals surface area contributed by atoms with Crippen LogP contribution in [-0.2, 0) is 0 Å². The number of methoxy groups -OCH3 is 1. The molecule has 6 nitrogen and oxygen atoms in total. The molecule has 0 aliphatic heterocycles. The van der Waals surface area contributed by atoms with Crippen LogP contribution >= 0.6 is 28.1 Å². The van der Waals surface area contributed by atoms with Gasteiger partial charge < -0.3 is 4.74 Å². The number of halogens is 1. The van der Waals surface area contributed by atoms with Crippen molar-refractivity contribution in [2.45, 2.75) is 6.92 Å². The van der Waals surface area contributed by atoms with E-state index in [1.807, 2.05) is 19.1 Å². The van der Waals surface area contributed by atoms with Crippen LogP contribution in [-0.4, -0.2) is 24.0 Å². The molecule has 0 saturated carbocycles. The molecule has 2 amide bonds. The lowest BCUT2D eigenvalue weighted by Gasteiger charge is -2.11. The molecule has 0 saturated heterocycles. The molecule has 0 fully saturated rings. The smallest absolute Gasteiger partial charge is 0.269 e. The van der Waals surface area contributed by atoms with Gasteiger partial charge in [0.1, 0.15) is 5.75 Å². The Morgan fingerprint density at radius 1 is 1.00 bits per heavy atom. The monoisotopic (exact) mass is 421 g/mol. The van der Waals surface area contributed by atoms with Crippen molar-refractivity contribution in [3.63, 3.8) is 0 Å². The van der Waals surface area contributed by atoms with Crippen LogP contribution in [0.4, 0.5) is 0 Å². The Hall–Kier alpha value is -2.45. The number of ether oxygens (including phenoxy) is 1. The maximum absolute atomic E-state index is 12.1. The van der Waals surface area contributed by atoms with Crippen LogP contribution in [0.3, 0.4) is 0 Å². The third kappa shape index (κ3) is 5.27. The van der Waals surface area contributed by atoms with Crippen LogP contribution in [0.1, 0.15) is 26.3 Å². The van der Waals surface area contributed by atoms with Gasteiger partial charge in [0, 0.05) is 11.1 Å². The van der Waals surface area contributed by atoms with Crippen LogP contribution in [0.5, 0.6) is 5.75 Å². The summed E-state index contributed by atoms with van der Waals surface area (Å²) in [7, 11) is 1.54. The van der Waals surface area contributed by atoms with E-state index in [2.05, 4.69) is 32.1 Å². The molecular weight excluding hydrogens is 406 g/mol. The Kier molecular flexibility index (Phi) is 6.49. The van der Waals surface area contributed by atoms with Crippen molar-refractivity contribution in [2.24, 2.45) is 0 Å². The maximum atomic E-state index is 12.1. The standard InChI is InChI=1S/C17H16BrN3O3S/c1-10-3-5-11(6-4-10)16(23)20-21-17(25)19-15(22)12-7-8-14(24-2)13(18)9-12/h3-9H,1-2H3,(H,20,23)(H2,19,21,22,25). The van der Waals surface area contributed by atoms with E-state index in [-0.39, 0.29) is 11.0 Å². The van der Waals surface area contributed by atoms with Gasteiger partial charge in [-0.1, -0.05) is 17.7 Å². The lowest BCUT2D eigenvalue weighted by molar-refractivity contribution is 0.0934. The first kappa shape index (κ1) is 18.9. The van der Waals surface area contributed by atoms with Crippen molar-refractivity contribution in [1.82, 2.24) is 16.2 Å². The maximum Gasteiger partial charge on any atom is 0.269 e. The summed E-state index contributed by atoms with van der Waals surface area (Å²) in [6, 6.07) is 11.9. The number of amides is 2. The summed E-state index contributed by atoms with van der Waals surface area (Å²) in [4.78, 5) is 24.1.